The van der Waals surface area contributed by atoms with Gasteiger partial charge in [-0.1, -0.05) is 0 Å². The van der Waals surface area contributed by atoms with Crippen LogP contribution in [0.4, 0.5) is 0 Å². The fourth-order valence-electron chi connectivity index (χ4n) is 2.39. The Morgan fingerprint density at radius 2 is 1.88 bits per heavy atom. The summed E-state index contributed by atoms with van der Waals surface area (Å²) in [5, 5.41) is 4.63. The molecule has 0 fully saturated rings. The van der Waals surface area contributed by atoms with Gasteiger partial charge in [-0.15, -0.1) is 0 Å². The normalized spacial score (nSPS) is 15.4. The molecule has 0 radical (unpaired) electrons. The Morgan fingerprint density at radius 1 is 1.12 bits per heavy atom. The molecule has 0 saturated carbocycles. The molecule has 1 N–H and O–H groups in total. The van der Waals surface area contributed by atoms with Crippen LogP contribution in [0, 0.1) is 0 Å². The van der Waals surface area contributed by atoms with Crippen molar-refractivity contribution >= 4 is 10.9 Å². The van der Waals surface area contributed by atoms with Crippen LogP contribution in [0.3, 0.4) is 0 Å². The third-order valence-electron chi connectivity index (χ3n) is 3.34. The van der Waals surface area contributed by atoms with Gasteiger partial charge in [0.1, 0.15) is 0 Å². The molecular weight excluding hydrogens is 212 g/mol. The van der Waals surface area contributed by atoms with Crippen molar-refractivity contribution in [2.45, 2.75) is 12.8 Å². The van der Waals surface area contributed by atoms with Crippen LogP contribution in [-0.2, 0) is 12.8 Å². The maximum Gasteiger partial charge on any atom is 0.213 e. The minimum atomic E-state index is 0.684. The predicted octanol–water partition coefficient (Wildman–Crippen LogP) is 1.93. The number of hydrogen-bond donors (Lipinski definition) is 1. The zero-order valence-corrected chi connectivity index (χ0v) is 9.99. The third-order valence-corrected chi connectivity index (χ3v) is 3.34. The zero-order valence-electron chi connectivity index (χ0n) is 9.99. The van der Waals surface area contributed by atoms with Crippen molar-refractivity contribution in [3.63, 3.8) is 0 Å². The van der Waals surface area contributed by atoms with E-state index in [-0.39, 0.29) is 0 Å². The van der Waals surface area contributed by atoms with Crippen LogP contribution in [0.5, 0.6) is 5.88 Å². The first-order valence-corrected chi connectivity index (χ1v) is 6.04. The summed E-state index contributed by atoms with van der Waals surface area (Å²) in [6, 6.07) is 8.48. The van der Waals surface area contributed by atoms with Crippen LogP contribution in [0.15, 0.2) is 24.3 Å². The summed E-state index contributed by atoms with van der Waals surface area (Å²) >= 11 is 0. The summed E-state index contributed by atoms with van der Waals surface area (Å²) in [5.41, 5.74) is 3.91. The van der Waals surface area contributed by atoms with Gasteiger partial charge >= 0.3 is 0 Å². The SMILES string of the molecule is COc1ccc2cc3c(cc2n1)CCNCC3. The van der Waals surface area contributed by atoms with E-state index >= 15 is 0 Å². The number of nitrogens with one attached hydrogen (secondary N) is 1. The van der Waals surface area contributed by atoms with E-state index in [1.165, 1.54) is 16.5 Å². The van der Waals surface area contributed by atoms with Crippen molar-refractivity contribution in [2.24, 2.45) is 0 Å². The van der Waals surface area contributed by atoms with Crippen LogP contribution in [0.2, 0.25) is 0 Å². The van der Waals surface area contributed by atoms with E-state index < -0.39 is 0 Å². The quantitative estimate of drug-likeness (QED) is 0.810. The average Bonchev–Trinajstić information content (AvgIpc) is 2.60. The number of pyridine rings is 1. The summed E-state index contributed by atoms with van der Waals surface area (Å²) in [5.74, 6) is 0.684. The standard InChI is InChI=1S/C14H16N2O/c1-17-14-3-2-12-8-10-4-6-15-7-5-11(10)9-13(12)16-14/h2-3,8-9,15H,4-7H2,1H3. The number of benzene rings is 1. The van der Waals surface area contributed by atoms with Crippen LogP contribution in [0.25, 0.3) is 10.9 Å². The van der Waals surface area contributed by atoms with E-state index in [4.69, 9.17) is 4.74 Å². The van der Waals surface area contributed by atoms with E-state index in [0.29, 0.717) is 5.88 Å². The highest BCUT2D eigenvalue weighted by Crippen LogP contribution is 2.23. The average molecular weight is 228 g/mol. The molecular formula is C14H16N2O. The van der Waals surface area contributed by atoms with E-state index in [2.05, 4.69) is 28.5 Å². The lowest BCUT2D eigenvalue weighted by atomic mass is 10.00. The van der Waals surface area contributed by atoms with Crippen LogP contribution >= 0.6 is 0 Å². The van der Waals surface area contributed by atoms with Crippen molar-refractivity contribution in [3.05, 3.63) is 35.4 Å². The van der Waals surface area contributed by atoms with Gasteiger partial charge in [-0.25, -0.2) is 4.98 Å². The lowest BCUT2D eigenvalue weighted by molar-refractivity contribution is 0.399. The van der Waals surface area contributed by atoms with Gasteiger partial charge < -0.3 is 10.1 Å². The number of aromatic nitrogens is 1. The molecule has 1 aliphatic rings. The number of fused-ring (bicyclic) bond motifs is 2. The first-order chi connectivity index (χ1) is 8.36. The summed E-state index contributed by atoms with van der Waals surface area (Å²) in [4.78, 5) is 4.49. The molecule has 0 unspecified atom stereocenters. The predicted molar refractivity (Wildman–Crippen MR) is 68.6 cm³/mol. The van der Waals surface area contributed by atoms with Crippen LogP contribution in [0.1, 0.15) is 11.1 Å². The minimum absolute atomic E-state index is 0.684. The number of ether oxygens (including phenoxy) is 1. The monoisotopic (exact) mass is 228 g/mol. The second-order valence-corrected chi connectivity index (χ2v) is 4.42. The first kappa shape index (κ1) is 10.5. The maximum atomic E-state index is 5.17. The molecule has 3 nitrogen and oxygen atoms in total. The Labute approximate surface area is 101 Å². The molecule has 1 aromatic heterocycles. The van der Waals surface area contributed by atoms with E-state index in [1.807, 2.05) is 6.07 Å². The second kappa shape index (κ2) is 4.34. The van der Waals surface area contributed by atoms with Crippen molar-refractivity contribution in [1.29, 1.82) is 0 Å². The van der Waals surface area contributed by atoms with Crippen molar-refractivity contribution in [2.75, 3.05) is 20.2 Å². The lowest BCUT2D eigenvalue weighted by Crippen LogP contribution is -2.16. The molecule has 0 saturated heterocycles. The molecule has 3 heteroatoms. The van der Waals surface area contributed by atoms with E-state index in [9.17, 15) is 0 Å². The Kier molecular flexibility index (Phi) is 2.69. The highest BCUT2D eigenvalue weighted by molar-refractivity contribution is 5.81. The van der Waals surface area contributed by atoms with Gasteiger partial charge in [-0.05, 0) is 55.3 Å². The molecule has 2 aromatic rings. The number of rotatable bonds is 1. The zero-order chi connectivity index (χ0) is 11.7. The molecule has 1 aromatic carbocycles. The highest BCUT2D eigenvalue weighted by atomic mass is 16.5. The Balaban J connectivity index is 2.15. The molecule has 88 valence electrons. The van der Waals surface area contributed by atoms with Crippen molar-refractivity contribution < 1.29 is 4.74 Å². The van der Waals surface area contributed by atoms with Crippen molar-refractivity contribution in [3.8, 4) is 5.88 Å². The second-order valence-electron chi connectivity index (χ2n) is 4.42. The topological polar surface area (TPSA) is 34.1 Å². The smallest absolute Gasteiger partial charge is 0.213 e. The third kappa shape index (κ3) is 1.98. The highest BCUT2D eigenvalue weighted by Gasteiger charge is 2.09. The van der Waals surface area contributed by atoms with Gasteiger partial charge in [0, 0.05) is 11.5 Å². The molecule has 3 rings (SSSR count). The first-order valence-electron chi connectivity index (χ1n) is 6.04. The van der Waals surface area contributed by atoms with Gasteiger partial charge in [-0.2, -0.15) is 0 Å². The fourth-order valence-corrected chi connectivity index (χ4v) is 2.39. The van der Waals surface area contributed by atoms with Gasteiger partial charge in [0.2, 0.25) is 5.88 Å². The fraction of sp³-hybridized carbons (Fsp3) is 0.357. The maximum absolute atomic E-state index is 5.17. The summed E-state index contributed by atoms with van der Waals surface area (Å²) in [6.07, 6.45) is 2.20. The van der Waals surface area contributed by atoms with Gasteiger partial charge in [0.15, 0.2) is 0 Å². The molecule has 0 spiro atoms. The van der Waals surface area contributed by atoms with Gasteiger partial charge in [-0.3, -0.25) is 0 Å². The number of methoxy groups -OCH3 is 1. The van der Waals surface area contributed by atoms with E-state index in [1.54, 1.807) is 7.11 Å². The largest absolute Gasteiger partial charge is 0.481 e. The summed E-state index contributed by atoms with van der Waals surface area (Å²) in [7, 11) is 1.65. The molecule has 0 aliphatic carbocycles. The number of hydrogen-bond acceptors (Lipinski definition) is 3. The summed E-state index contributed by atoms with van der Waals surface area (Å²) < 4.78 is 5.17. The molecule has 0 atom stereocenters. The molecule has 0 amide bonds. The Bertz CT molecular complexity index is 551. The Morgan fingerprint density at radius 3 is 2.65 bits per heavy atom. The molecule has 1 aliphatic heterocycles. The lowest BCUT2D eigenvalue weighted by Gasteiger charge is -2.08. The van der Waals surface area contributed by atoms with Gasteiger partial charge in [0.25, 0.3) is 0 Å². The van der Waals surface area contributed by atoms with Crippen LogP contribution in [-0.4, -0.2) is 25.2 Å². The molecule has 17 heavy (non-hydrogen) atoms. The molecule has 2 heterocycles. The minimum Gasteiger partial charge on any atom is -0.481 e. The Hall–Kier alpha value is -1.61. The van der Waals surface area contributed by atoms with Crippen LogP contribution < -0.4 is 10.1 Å². The van der Waals surface area contributed by atoms with E-state index in [0.717, 1.165) is 31.4 Å². The summed E-state index contributed by atoms with van der Waals surface area (Å²) in [6.45, 7) is 2.13. The van der Waals surface area contributed by atoms with Crippen molar-refractivity contribution in [1.82, 2.24) is 10.3 Å². The van der Waals surface area contributed by atoms with Gasteiger partial charge in [0.05, 0.1) is 12.6 Å². The molecule has 0 bridgehead atoms. The number of nitrogens with zero attached hydrogens (tertiary/aromatic N) is 1.